The molecule has 1 fully saturated rings. The number of hydrogen-bond acceptors (Lipinski definition) is 3. The number of urea groups is 1. The average Bonchev–Trinajstić information content (AvgIpc) is 3.17. The van der Waals surface area contributed by atoms with Gasteiger partial charge >= 0.3 is 6.03 Å². The molecule has 5 nitrogen and oxygen atoms in total. The molecule has 0 spiro atoms. The Kier molecular flexibility index (Phi) is 4.80. The largest absolute Gasteiger partial charge is 0.467 e. The maximum atomic E-state index is 13.2. The summed E-state index contributed by atoms with van der Waals surface area (Å²) in [5.74, 6) is -1.05. The maximum Gasteiger partial charge on any atom is 0.322 e. The molecule has 1 saturated heterocycles. The van der Waals surface area contributed by atoms with Crippen molar-refractivity contribution in [3.63, 3.8) is 0 Å². The van der Waals surface area contributed by atoms with Crippen LogP contribution in [0.4, 0.5) is 19.3 Å². The molecule has 1 aliphatic rings. The summed E-state index contributed by atoms with van der Waals surface area (Å²) in [6.45, 7) is 0.527. The zero-order chi connectivity index (χ0) is 17.1. The molecule has 1 aliphatic heterocycles. The van der Waals surface area contributed by atoms with Crippen LogP contribution in [-0.4, -0.2) is 28.6 Å². The first-order valence-electron chi connectivity index (χ1n) is 7.78. The monoisotopic (exact) mass is 336 g/mol. The van der Waals surface area contributed by atoms with Gasteiger partial charge in [0.05, 0.1) is 6.26 Å². The second kappa shape index (κ2) is 7.00. The number of carbonyl (C=O) groups is 1. The predicted octanol–water partition coefficient (Wildman–Crippen LogP) is 3.68. The van der Waals surface area contributed by atoms with Crippen molar-refractivity contribution in [1.82, 2.24) is 4.90 Å². The molecule has 0 bridgehead atoms. The second-order valence-electron chi connectivity index (χ2n) is 5.84. The highest BCUT2D eigenvalue weighted by atomic mass is 19.1. The molecule has 2 N–H and O–H groups in total. The van der Waals surface area contributed by atoms with Crippen molar-refractivity contribution in [3.8, 4) is 0 Å². The van der Waals surface area contributed by atoms with Gasteiger partial charge in [0, 0.05) is 30.8 Å². The van der Waals surface area contributed by atoms with E-state index in [-0.39, 0.29) is 11.7 Å². The van der Waals surface area contributed by atoms with E-state index in [0.717, 1.165) is 31.0 Å². The Morgan fingerprint density at radius 3 is 2.79 bits per heavy atom. The van der Waals surface area contributed by atoms with Crippen LogP contribution >= 0.6 is 0 Å². The Balaban J connectivity index is 1.65. The van der Waals surface area contributed by atoms with E-state index in [0.29, 0.717) is 18.7 Å². The van der Waals surface area contributed by atoms with Crippen LogP contribution in [0.3, 0.4) is 0 Å². The molecule has 2 amide bonds. The van der Waals surface area contributed by atoms with Crippen LogP contribution in [0.25, 0.3) is 0 Å². The Labute approximate surface area is 137 Å². The van der Waals surface area contributed by atoms with Crippen LogP contribution in [0.15, 0.2) is 41.0 Å². The van der Waals surface area contributed by atoms with Crippen molar-refractivity contribution in [2.24, 2.45) is 0 Å². The van der Waals surface area contributed by atoms with E-state index >= 15 is 0 Å². The van der Waals surface area contributed by atoms with Crippen molar-refractivity contribution < 1.29 is 23.1 Å². The molecule has 7 heteroatoms. The van der Waals surface area contributed by atoms with Gasteiger partial charge in [-0.05, 0) is 37.1 Å². The predicted molar refractivity (Wildman–Crippen MR) is 83.4 cm³/mol. The van der Waals surface area contributed by atoms with E-state index in [9.17, 15) is 18.7 Å². The number of likely N-dealkylation sites (tertiary alicyclic amines) is 1. The number of halogens is 2. The van der Waals surface area contributed by atoms with Gasteiger partial charge in [0.15, 0.2) is 0 Å². The number of carbonyl (C=O) groups excluding carboxylic acids is 1. The summed E-state index contributed by atoms with van der Waals surface area (Å²) >= 11 is 0. The van der Waals surface area contributed by atoms with E-state index < -0.39 is 23.8 Å². The molecule has 2 heterocycles. The minimum atomic E-state index is -0.801. The van der Waals surface area contributed by atoms with Crippen LogP contribution in [0, 0.1) is 11.6 Å². The van der Waals surface area contributed by atoms with Crippen molar-refractivity contribution in [2.75, 3.05) is 11.9 Å². The molecule has 24 heavy (non-hydrogen) atoms. The van der Waals surface area contributed by atoms with Crippen molar-refractivity contribution >= 4 is 11.7 Å². The molecular weight excluding hydrogens is 318 g/mol. The molecule has 2 unspecified atom stereocenters. The molecule has 0 saturated carbocycles. The summed E-state index contributed by atoms with van der Waals surface area (Å²) in [4.78, 5) is 14.0. The summed E-state index contributed by atoms with van der Waals surface area (Å²) in [5.41, 5.74) is 0.0646. The van der Waals surface area contributed by atoms with Gasteiger partial charge < -0.3 is 19.7 Å². The van der Waals surface area contributed by atoms with Crippen LogP contribution in [0.2, 0.25) is 0 Å². The summed E-state index contributed by atoms with van der Waals surface area (Å²) < 4.78 is 31.6. The highest BCUT2D eigenvalue weighted by Crippen LogP contribution is 2.28. The summed E-state index contributed by atoms with van der Waals surface area (Å²) in [6, 6.07) is 5.63. The molecule has 1 aromatic heterocycles. The Morgan fingerprint density at radius 1 is 1.38 bits per heavy atom. The zero-order valence-electron chi connectivity index (χ0n) is 12.9. The van der Waals surface area contributed by atoms with Crippen molar-refractivity contribution in [1.29, 1.82) is 0 Å². The number of anilines is 1. The van der Waals surface area contributed by atoms with Gasteiger partial charge in [-0.25, -0.2) is 13.6 Å². The first-order chi connectivity index (χ1) is 11.5. The molecule has 128 valence electrons. The number of amides is 2. The summed E-state index contributed by atoms with van der Waals surface area (Å²) in [5, 5.41) is 12.7. The second-order valence-corrected chi connectivity index (χ2v) is 5.84. The van der Waals surface area contributed by atoms with Gasteiger partial charge in [-0.3, -0.25) is 0 Å². The summed E-state index contributed by atoms with van der Waals surface area (Å²) in [7, 11) is 0. The van der Waals surface area contributed by atoms with Gasteiger partial charge in [0.1, 0.15) is 23.5 Å². The fraction of sp³-hybridized carbons (Fsp3) is 0.353. The van der Waals surface area contributed by atoms with E-state index in [1.807, 2.05) is 0 Å². The van der Waals surface area contributed by atoms with Crippen LogP contribution in [-0.2, 0) is 0 Å². The fourth-order valence-electron chi connectivity index (χ4n) is 3.02. The van der Waals surface area contributed by atoms with Crippen LogP contribution in [0.1, 0.15) is 31.1 Å². The third kappa shape index (κ3) is 3.73. The van der Waals surface area contributed by atoms with Gasteiger partial charge in [0.25, 0.3) is 0 Å². The van der Waals surface area contributed by atoms with Gasteiger partial charge in [-0.1, -0.05) is 0 Å². The van der Waals surface area contributed by atoms with Crippen molar-refractivity contribution in [3.05, 3.63) is 54.0 Å². The van der Waals surface area contributed by atoms with Gasteiger partial charge in [-0.15, -0.1) is 0 Å². The van der Waals surface area contributed by atoms with Crippen molar-refractivity contribution in [2.45, 2.75) is 31.4 Å². The summed E-state index contributed by atoms with van der Waals surface area (Å²) in [6.07, 6.45) is 2.59. The Morgan fingerprint density at radius 2 is 2.12 bits per heavy atom. The molecule has 1 aromatic carbocycles. The fourth-order valence-corrected chi connectivity index (χ4v) is 3.02. The molecule has 2 atom stereocenters. The number of furan rings is 1. The molecular formula is C17H18F2N2O3. The third-order valence-corrected chi connectivity index (χ3v) is 4.12. The SMILES string of the molecule is O=C(Nc1cc(F)cc(F)c1)N1CCCC1CC(O)c1ccco1. The highest BCUT2D eigenvalue weighted by Gasteiger charge is 2.31. The number of hydrogen-bond donors (Lipinski definition) is 2. The average molecular weight is 336 g/mol. The number of aliphatic hydroxyl groups is 1. The molecule has 0 aliphatic carbocycles. The van der Waals surface area contributed by atoms with Crippen LogP contribution < -0.4 is 5.32 Å². The van der Waals surface area contributed by atoms with E-state index in [1.54, 1.807) is 17.0 Å². The highest BCUT2D eigenvalue weighted by molar-refractivity contribution is 5.89. The number of benzene rings is 1. The lowest BCUT2D eigenvalue weighted by Crippen LogP contribution is -2.39. The topological polar surface area (TPSA) is 65.7 Å². The lowest BCUT2D eigenvalue weighted by Gasteiger charge is -2.26. The zero-order valence-corrected chi connectivity index (χ0v) is 12.9. The van der Waals surface area contributed by atoms with E-state index in [1.165, 1.54) is 6.26 Å². The lowest BCUT2D eigenvalue weighted by molar-refractivity contribution is 0.110. The number of aliphatic hydroxyl groups excluding tert-OH is 1. The van der Waals surface area contributed by atoms with E-state index in [4.69, 9.17) is 4.42 Å². The van der Waals surface area contributed by atoms with Crippen LogP contribution in [0.5, 0.6) is 0 Å². The first kappa shape index (κ1) is 16.4. The quantitative estimate of drug-likeness (QED) is 0.895. The van der Waals surface area contributed by atoms with Gasteiger partial charge in [0.2, 0.25) is 0 Å². The third-order valence-electron chi connectivity index (χ3n) is 4.12. The molecule has 3 rings (SSSR count). The standard InChI is InChI=1S/C17H18F2N2O3/c18-11-7-12(19)9-13(8-11)20-17(23)21-5-1-3-14(21)10-15(22)16-4-2-6-24-16/h2,4,6-9,14-15,22H,1,3,5,10H2,(H,20,23). The lowest BCUT2D eigenvalue weighted by atomic mass is 10.1. The Bertz CT molecular complexity index is 686. The minimum absolute atomic E-state index is 0.0646. The maximum absolute atomic E-state index is 13.2. The number of nitrogens with one attached hydrogen (secondary N) is 1. The number of nitrogens with zero attached hydrogens (tertiary/aromatic N) is 1. The Hall–Kier alpha value is -2.41. The normalized spacial score (nSPS) is 18.6. The molecule has 0 radical (unpaired) electrons. The van der Waals surface area contributed by atoms with E-state index in [2.05, 4.69) is 5.32 Å². The first-order valence-corrected chi connectivity index (χ1v) is 7.78. The van der Waals surface area contributed by atoms with Gasteiger partial charge in [-0.2, -0.15) is 0 Å². The number of rotatable bonds is 4. The molecule has 2 aromatic rings. The minimum Gasteiger partial charge on any atom is -0.467 e. The smallest absolute Gasteiger partial charge is 0.322 e.